The quantitative estimate of drug-likeness (QED) is 0.152. The Balaban J connectivity index is 0.922. The number of fused-ring (bicyclic) bond motifs is 10. The molecule has 0 fully saturated rings. The normalized spacial score (nSPS) is 12.5. The lowest BCUT2D eigenvalue weighted by atomic mass is 9.70. The summed E-state index contributed by atoms with van der Waals surface area (Å²) in [5, 5.41) is 0. The third kappa shape index (κ3) is 6.98. The summed E-state index contributed by atoms with van der Waals surface area (Å²) >= 11 is 0. The average molecular weight is 929 g/mol. The SMILES string of the molecule is c1ccc(-c2cc(-c3ccccc3)nc(-c3cccc(-c4cccc5c4-c4ccccc4C54c5ccccc5-c5c(-c6cccc(-c7nc(-c8ccccc8)cc(-c8ccccc8)n7)c6)cccc54)c3)n2)cc1. The van der Waals surface area contributed by atoms with Crippen LogP contribution in [0.1, 0.15) is 22.3 Å². The van der Waals surface area contributed by atoms with E-state index in [1.807, 2.05) is 24.3 Å². The molecule has 4 heteroatoms. The van der Waals surface area contributed by atoms with Crippen LogP contribution in [0.2, 0.25) is 0 Å². The maximum atomic E-state index is 5.22. The van der Waals surface area contributed by atoms with Gasteiger partial charge in [-0.25, -0.2) is 19.9 Å². The fourth-order valence-electron chi connectivity index (χ4n) is 11.5. The van der Waals surface area contributed by atoms with Gasteiger partial charge in [-0.1, -0.05) is 243 Å². The molecule has 10 aromatic carbocycles. The van der Waals surface area contributed by atoms with Crippen LogP contribution < -0.4 is 0 Å². The molecule has 1 spiro atoms. The first-order valence-corrected chi connectivity index (χ1v) is 24.9. The molecule has 0 aliphatic heterocycles. The Bertz CT molecular complexity index is 3690. The molecule has 0 N–H and O–H groups in total. The maximum Gasteiger partial charge on any atom is 0.160 e. The highest BCUT2D eigenvalue weighted by atomic mass is 14.9. The van der Waals surface area contributed by atoms with Gasteiger partial charge in [-0.3, -0.25) is 0 Å². The van der Waals surface area contributed by atoms with Gasteiger partial charge >= 0.3 is 0 Å². The zero-order valence-electron chi connectivity index (χ0n) is 39.7. The first-order valence-electron chi connectivity index (χ1n) is 24.9. The van der Waals surface area contributed by atoms with E-state index in [0.717, 1.165) is 67.3 Å². The van der Waals surface area contributed by atoms with Gasteiger partial charge in [0.1, 0.15) is 0 Å². The molecule has 4 nitrogen and oxygen atoms in total. The second kappa shape index (κ2) is 17.3. The lowest BCUT2D eigenvalue weighted by molar-refractivity contribution is 0.794. The molecule has 0 atom stereocenters. The van der Waals surface area contributed by atoms with Crippen LogP contribution in [0, 0.1) is 0 Å². The highest BCUT2D eigenvalue weighted by Crippen LogP contribution is 2.65. The summed E-state index contributed by atoms with van der Waals surface area (Å²) in [6.45, 7) is 0. The van der Waals surface area contributed by atoms with E-state index in [0.29, 0.717) is 11.6 Å². The number of hydrogen-bond acceptors (Lipinski definition) is 4. The first-order chi connectivity index (χ1) is 36.2. The van der Waals surface area contributed by atoms with E-state index < -0.39 is 5.41 Å². The van der Waals surface area contributed by atoms with Gasteiger partial charge in [0.05, 0.1) is 28.2 Å². The smallest absolute Gasteiger partial charge is 0.160 e. The van der Waals surface area contributed by atoms with Crippen LogP contribution in [0.3, 0.4) is 0 Å². The summed E-state index contributed by atoms with van der Waals surface area (Å²) < 4.78 is 0. The maximum absolute atomic E-state index is 5.22. The number of benzene rings is 10. The Kier molecular flexibility index (Phi) is 10.0. The van der Waals surface area contributed by atoms with Crippen molar-refractivity contribution in [2.24, 2.45) is 0 Å². The Morgan fingerprint density at radius 3 is 0.849 bits per heavy atom. The minimum Gasteiger partial charge on any atom is -0.228 e. The molecular weight excluding hydrogens is 885 g/mol. The molecule has 0 bridgehead atoms. The predicted molar refractivity (Wildman–Crippen MR) is 297 cm³/mol. The van der Waals surface area contributed by atoms with E-state index in [9.17, 15) is 0 Å². The van der Waals surface area contributed by atoms with Gasteiger partial charge in [0.15, 0.2) is 11.6 Å². The average Bonchev–Trinajstić information content (AvgIpc) is 3.97. The second-order valence-electron chi connectivity index (χ2n) is 18.8. The molecule has 2 heterocycles. The van der Waals surface area contributed by atoms with Crippen molar-refractivity contribution in [2.45, 2.75) is 5.41 Å². The molecule has 0 unspecified atom stereocenters. The summed E-state index contributed by atoms with van der Waals surface area (Å²) in [5.74, 6) is 1.38. The molecule has 12 aromatic rings. The van der Waals surface area contributed by atoms with Gasteiger partial charge in [0.2, 0.25) is 0 Å². The minimum absolute atomic E-state index is 0.561. The third-order valence-corrected chi connectivity index (χ3v) is 14.7. The van der Waals surface area contributed by atoms with Crippen molar-refractivity contribution in [3.63, 3.8) is 0 Å². The largest absolute Gasteiger partial charge is 0.228 e. The van der Waals surface area contributed by atoms with Crippen LogP contribution in [0.4, 0.5) is 0 Å². The lowest BCUT2D eigenvalue weighted by Crippen LogP contribution is -2.25. The number of nitrogens with zero attached hydrogens (tertiary/aromatic N) is 4. The highest BCUT2D eigenvalue weighted by Gasteiger charge is 2.52. The van der Waals surface area contributed by atoms with Crippen molar-refractivity contribution in [1.82, 2.24) is 19.9 Å². The van der Waals surface area contributed by atoms with E-state index in [-0.39, 0.29) is 0 Å². The third-order valence-electron chi connectivity index (χ3n) is 14.7. The molecule has 340 valence electrons. The number of aromatic nitrogens is 4. The molecule has 2 aliphatic rings. The van der Waals surface area contributed by atoms with Gasteiger partial charge in [-0.05, 0) is 91.0 Å². The Hall–Kier alpha value is -9.64. The molecular formula is C69H44N4. The van der Waals surface area contributed by atoms with Gasteiger partial charge in [-0.15, -0.1) is 0 Å². The molecule has 14 rings (SSSR count). The van der Waals surface area contributed by atoms with Crippen molar-refractivity contribution in [2.75, 3.05) is 0 Å². The molecule has 0 amide bonds. The van der Waals surface area contributed by atoms with Gasteiger partial charge < -0.3 is 0 Å². The zero-order chi connectivity index (χ0) is 48.3. The van der Waals surface area contributed by atoms with E-state index in [4.69, 9.17) is 19.9 Å². The lowest BCUT2D eigenvalue weighted by Gasteiger charge is -2.30. The Morgan fingerprint density at radius 1 is 0.205 bits per heavy atom. The first kappa shape index (κ1) is 42.3. The van der Waals surface area contributed by atoms with Gasteiger partial charge in [0, 0.05) is 33.4 Å². The Labute approximate surface area is 424 Å². The summed E-state index contributed by atoms with van der Waals surface area (Å²) in [5.41, 5.74) is 23.8. The molecule has 0 radical (unpaired) electrons. The summed E-state index contributed by atoms with van der Waals surface area (Å²) in [7, 11) is 0. The summed E-state index contributed by atoms with van der Waals surface area (Å²) in [6.07, 6.45) is 0. The van der Waals surface area contributed by atoms with Crippen LogP contribution in [0.5, 0.6) is 0 Å². The topological polar surface area (TPSA) is 51.6 Å². The standard InChI is InChI=1S/C69H44N4/c1-5-21-45(22-6-1)61-43-62(46-23-7-2-8-24-46)71-67(70-61)51-31-17-29-49(41-51)53-35-19-39-59-65(53)55-33-13-15-37-57(55)69(59)58-38-16-14-34-56(58)66-54(36-20-40-60(66)69)50-30-18-32-52(42-50)68-72-63(47-25-9-3-10-26-47)44-64(73-68)48-27-11-4-12-28-48/h1-44H. The fraction of sp³-hybridized carbons (Fsp3) is 0.0145. The second-order valence-corrected chi connectivity index (χ2v) is 18.8. The summed E-state index contributed by atoms with van der Waals surface area (Å²) in [4.78, 5) is 20.9. The van der Waals surface area contributed by atoms with Crippen molar-refractivity contribution in [1.29, 1.82) is 0 Å². The van der Waals surface area contributed by atoms with Crippen molar-refractivity contribution in [3.8, 4) is 112 Å². The molecule has 0 saturated heterocycles. The number of hydrogen-bond donors (Lipinski definition) is 0. The zero-order valence-corrected chi connectivity index (χ0v) is 39.7. The van der Waals surface area contributed by atoms with Crippen molar-refractivity contribution in [3.05, 3.63) is 289 Å². The van der Waals surface area contributed by atoms with Gasteiger partial charge in [0.25, 0.3) is 0 Å². The fourth-order valence-corrected chi connectivity index (χ4v) is 11.5. The van der Waals surface area contributed by atoms with E-state index >= 15 is 0 Å². The minimum atomic E-state index is -0.561. The molecule has 73 heavy (non-hydrogen) atoms. The molecule has 2 aromatic heterocycles. The van der Waals surface area contributed by atoms with E-state index in [1.54, 1.807) is 0 Å². The van der Waals surface area contributed by atoms with Crippen LogP contribution in [0.25, 0.3) is 112 Å². The van der Waals surface area contributed by atoms with Crippen molar-refractivity contribution >= 4 is 0 Å². The van der Waals surface area contributed by atoms with Gasteiger partial charge in [-0.2, -0.15) is 0 Å². The van der Waals surface area contributed by atoms with Crippen molar-refractivity contribution < 1.29 is 0 Å². The predicted octanol–water partition coefficient (Wildman–Crippen LogP) is 16.9. The number of rotatable bonds is 8. The highest BCUT2D eigenvalue weighted by molar-refractivity contribution is 6.03. The van der Waals surface area contributed by atoms with E-state index in [2.05, 4.69) is 243 Å². The van der Waals surface area contributed by atoms with Crippen LogP contribution in [0.15, 0.2) is 267 Å². The monoisotopic (exact) mass is 928 g/mol. The Morgan fingerprint density at radius 2 is 0.479 bits per heavy atom. The molecule has 2 aliphatic carbocycles. The summed E-state index contributed by atoms with van der Waals surface area (Å²) in [6, 6.07) is 95.2. The molecule has 0 saturated carbocycles. The van der Waals surface area contributed by atoms with E-state index in [1.165, 1.54) is 55.6 Å². The van der Waals surface area contributed by atoms with Crippen LogP contribution >= 0.6 is 0 Å². The van der Waals surface area contributed by atoms with Crippen LogP contribution in [-0.4, -0.2) is 19.9 Å². The van der Waals surface area contributed by atoms with Crippen LogP contribution in [-0.2, 0) is 5.41 Å².